The van der Waals surface area contributed by atoms with Crippen LogP contribution < -0.4 is 10.1 Å². The first-order valence-corrected chi connectivity index (χ1v) is 8.59. The summed E-state index contributed by atoms with van der Waals surface area (Å²) in [5.41, 5.74) is 0. The monoisotopic (exact) mass is 334 g/mol. The van der Waals surface area contributed by atoms with E-state index in [1.807, 2.05) is 0 Å². The van der Waals surface area contributed by atoms with Crippen molar-refractivity contribution in [3.63, 3.8) is 0 Å². The van der Waals surface area contributed by atoms with Gasteiger partial charge in [0.25, 0.3) is 5.91 Å². The summed E-state index contributed by atoms with van der Waals surface area (Å²) in [6.07, 6.45) is 4.65. The summed E-state index contributed by atoms with van der Waals surface area (Å²) in [7, 11) is 0. The van der Waals surface area contributed by atoms with Crippen LogP contribution in [0.15, 0.2) is 24.3 Å². The minimum absolute atomic E-state index is 0.0912. The first-order valence-electron chi connectivity index (χ1n) is 8.59. The number of benzene rings is 1. The number of carbonyl (C=O) groups is 2. The van der Waals surface area contributed by atoms with Gasteiger partial charge in [-0.2, -0.15) is 0 Å². The van der Waals surface area contributed by atoms with E-state index < -0.39 is 5.82 Å². The van der Waals surface area contributed by atoms with Gasteiger partial charge in [0, 0.05) is 25.0 Å². The quantitative estimate of drug-likeness (QED) is 0.897. The van der Waals surface area contributed by atoms with Crippen molar-refractivity contribution in [1.82, 2.24) is 10.2 Å². The highest BCUT2D eigenvalue weighted by molar-refractivity contribution is 5.80. The van der Waals surface area contributed by atoms with Gasteiger partial charge < -0.3 is 15.0 Å². The molecule has 1 aromatic rings. The van der Waals surface area contributed by atoms with E-state index in [1.165, 1.54) is 12.1 Å². The molecule has 2 amide bonds. The predicted octanol–water partition coefficient (Wildman–Crippen LogP) is 2.11. The molecule has 1 heterocycles. The van der Waals surface area contributed by atoms with Crippen molar-refractivity contribution >= 4 is 11.8 Å². The molecule has 2 aliphatic rings. The standard InChI is InChI=1S/C18H23FN2O3/c19-15-6-1-2-7-16(15)24-12-17(22)21-10-8-14(9-11-21)20-18(23)13-4-3-5-13/h1-2,6-7,13-14H,3-5,8-12H2,(H,20,23). The van der Waals surface area contributed by atoms with Gasteiger partial charge in [0.05, 0.1) is 0 Å². The summed E-state index contributed by atoms with van der Waals surface area (Å²) in [6.45, 7) is 1.02. The second-order valence-electron chi connectivity index (χ2n) is 6.51. The van der Waals surface area contributed by atoms with Crippen molar-refractivity contribution in [2.24, 2.45) is 5.92 Å². The number of ether oxygens (including phenoxy) is 1. The summed E-state index contributed by atoms with van der Waals surface area (Å²) in [5, 5.41) is 3.09. The summed E-state index contributed by atoms with van der Waals surface area (Å²) in [4.78, 5) is 25.8. The number of hydrogen-bond acceptors (Lipinski definition) is 3. The number of halogens is 1. The Morgan fingerprint density at radius 1 is 1.17 bits per heavy atom. The third-order valence-corrected chi connectivity index (χ3v) is 4.86. The van der Waals surface area contributed by atoms with Crippen LogP contribution in [0.5, 0.6) is 5.75 Å². The summed E-state index contributed by atoms with van der Waals surface area (Å²) >= 11 is 0. The van der Waals surface area contributed by atoms with Crippen LogP contribution in [0.2, 0.25) is 0 Å². The molecule has 2 fully saturated rings. The number of carbonyl (C=O) groups excluding carboxylic acids is 2. The van der Waals surface area contributed by atoms with Crippen molar-refractivity contribution in [3.8, 4) is 5.75 Å². The maximum absolute atomic E-state index is 13.5. The van der Waals surface area contributed by atoms with Crippen LogP contribution in [-0.4, -0.2) is 42.5 Å². The second-order valence-corrected chi connectivity index (χ2v) is 6.51. The lowest BCUT2D eigenvalue weighted by atomic mass is 9.84. The number of rotatable bonds is 5. The average molecular weight is 334 g/mol. The maximum Gasteiger partial charge on any atom is 0.260 e. The Kier molecular flexibility index (Phi) is 5.33. The molecule has 1 aliphatic carbocycles. The van der Waals surface area contributed by atoms with Crippen LogP contribution in [0.3, 0.4) is 0 Å². The minimum Gasteiger partial charge on any atom is -0.481 e. The molecule has 0 aromatic heterocycles. The molecule has 0 spiro atoms. The second kappa shape index (κ2) is 7.64. The topological polar surface area (TPSA) is 58.6 Å². The van der Waals surface area contributed by atoms with Crippen LogP contribution in [-0.2, 0) is 9.59 Å². The largest absolute Gasteiger partial charge is 0.481 e. The number of likely N-dealkylation sites (tertiary alicyclic amines) is 1. The molecule has 3 rings (SSSR count). The van der Waals surface area contributed by atoms with E-state index in [1.54, 1.807) is 17.0 Å². The van der Waals surface area contributed by atoms with E-state index in [4.69, 9.17) is 4.74 Å². The SMILES string of the molecule is O=C(NC1CCN(C(=O)COc2ccccc2F)CC1)C1CCC1. The lowest BCUT2D eigenvalue weighted by Gasteiger charge is -2.34. The lowest BCUT2D eigenvalue weighted by molar-refractivity contribution is -0.134. The number of nitrogens with zero attached hydrogens (tertiary/aromatic N) is 1. The van der Waals surface area contributed by atoms with Gasteiger partial charge in [-0.3, -0.25) is 9.59 Å². The molecule has 0 atom stereocenters. The average Bonchev–Trinajstić information content (AvgIpc) is 2.53. The van der Waals surface area contributed by atoms with Crippen LogP contribution >= 0.6 is 0 Å². The highest BCUT2D eigenvalue weighted by Crippen LogP contribution is 2.26. The van der Waals surface area contributed by atoms with Crippen molar-refractivity contribution in [2.45, 2.75) is 38.1 Å². The van der Waals surface area contributed by atoms with Gasteiger partial charge in [-0.1, -0.05) is 18.6 Å². The Bertz CT molecular complexity index is 596. The zero-order valence-electron chi connectivity index (χ0n) is 13.7. The molecule has 0 radical (unpaired) electrons. The fourth-order valence-electron chi connectivity index (χ4n) is 3.06. The molecule has 1 saturated heterocycles. The van der Waals surface area contributed by atoms with Crippen molar-refractivity contribution in [3.05, 3.63) is 30.1 Å². The van der Waals surface area contributed by atoms with Crippen molar-refractivity contribution in [1.29, 1.82) is 0 Å². The Morgan fingerprint density at radius 3 is 2.50 bits per heavy atom. The van der Waals surface area contributed by atoms with E-state index >= 15 is 0 Å². The zero-order chi connectivity index (χ0) is 16.9. The molecule has 1 saturated carbocycles. The fourth-order valence-corrected chi connectivity index (χ4v) is 3.06. The van der Waals surface area contributed by atoms with E-state index in [0.717, 1.165) is 32.1 Å². The molecule has 0 unspecified atom stereocenters. The summed E-state index contributed by atoms with van der Waals surface area (Å²) < 4.78 is 18.7. The minimum atomic E-state index is -0.470. The summed E-state index contributed by atoms with van der Waals surface area (Å²) in [6, 6.07) is 6.20. The molecule has 1 aromatic carbocycles. The lowest BCUT2D eigenvalue weighted by Crippen LogP contribution is -2.49. The van der Waals surface area contributed by atoms with Crippen molar-refractivity contribution in [2.75, 3.05) is 19.7 Å². The van der Waals surface area contributed by atoms with Gasteiger partial charge in [0.2, 0.25) is 5.91 Å². The molecule has 24 heavy (non-hydrogen) atoms. The third kappa shape index (κ3) is 4.04. The molecular weight excluding hydrogens is 311 g/mol. The van der Waals surface area contributed by atoms with E-state index in [-0.39, 0.29) is 36.1 Å². The molecule has 5 nitrogen and oxygen atoms in total. The Morgan fingerprint density at radius 2 is 1.88 bits per heavy atom. The number of hydrogen-bond donors (Lipinski definition) is 1. The number of piperidine rings is 1. The molecular formula is C18H23FN2O3. The maximum atomic E-state index is 13.5. The molecule has 6 heteroatoms. The van der Waals surface area contributed by atoms with Gasteiger partial charge in [0.15, 0.2) is 18.2 Å². The van der Waals surface area contributed by atoms with Gasteiger partial charge in [-0.15, -0.1) is 0 Å². The molecule has 130 valence electrons. The normalized spacial score (nSPS) is 18.8. The highest BCUT2D eigenvalue weighted by atomic mass is 19.1. The number of nitrogens with one attached hydrogen (secondary N) is 1. The van der Waals surface area contributed by atoms with Crippen LogP contribution in [0, 0.1) is 11.7 Å². The van der Waals surface area contributed by atoms with Crippen LogP contribution in [0.4, 0.5) is 4.39 Å². The molecule has 0 bridgehead atoms. The predicted molar refractivity (Wildman–Crippen MR) is 87.0 cm³/mol. The number of amides is 2. The van der Waals surface area contributed by atoms with Gasteiger partial charge >= 0.3 is 0 Å². The smallest absolute Gasteiger partial charge is 0.260 e. The van der Waals surface area contributed by atoms with Gasteiger partial charge in [-0.05, 0) is 37.8 Å². The first kappa shape index (κ1) is 16.7. The Hall–Kier alpha value is -2.11. The summed E-state index contributed by atoms with van der Waals surface area (Å²) in [5.74, 6) is -0.175. The first-order chi connectivity index (χ1) is 11.6. The van der Waals surface area contributed by atoms with E-state index in [2.05, 4.69) is 5.32 Å². The van der Waals surface area contributed by atoms with Crippen molar-refractivity contribution < 1.29 is 18.7 Å². The van der Waals surface area contributed by atoms with E-state index in [0.29, 0.717) is 13.1 Å². The fraction of sp³-hybridized carbons (Fsp3) is 0.556. The zero-order valence-corrected chi connectivity index (χ0v) is 13.7. The third-order valence-electron chi connectivity index (χ3n) is 4.86. The molecule has 1 aliphatic heterocycles. The Balaban J connectivity index is 1.40. The molecule has 1 N–H and O–H groups in total. The van der Waals surface area contributed by atoms with Gasteiger partial charge in [0.1, 0.15) is 0 Å². The number of para-hydroxylation sites is 1. The van der Waals surface area contributed by atoms with Crippen LogP contribution in [0.1, 0.15) is 32.1 Å². The van der Waals surface area contributed by atoms with Gasteiger partial charge in [-0.25, -0.2) is 4.39 Å². The highest BCUT2D eigenvalue weighted by Gasteiger charge is 2.29. The van der Waals surface area contributed by atoms with E-state index in [9.17, 15) is 14.0 Å². The Labute approximate surface area is 141 Å². The van der Waals surface area contributed by atoms with Crippen LogP contribution in [0.25, 0.3) is 0 Å².